The monoisotopic (exact) mass is 261 g/mol. The van der Waals surface area contributed by atoms with Gasteiger partial charge in [-0.1, -0.05) is 0 Å². The van der Waals surface area contributed by atoms with E-state index in [-0.39, 0.29) is 0 Å². The molecular formula is C11H13F2NO2S. The number of benzene rings is 1. The largest absolute Gasteiger partial charge is 0.468 e. The lowest BCUT2D eigenvalue weighted by molar-refractivity contribution is -0.142. The Balaban J connectivity index is 2.43. The minimum Gasteiger partial charge on any atom is -0.468 e. The van der Waals surface area contributed by atoms with Crippen molar-refractivity contribution < 1.29 is 18.3 Å². The Morgan fingerprint density at radius 1 is 1.53 bits per heavy atom. The Morgan fingerprint density at radius 2 is 2.24 bits per heavy atom. The number of methoxy groups -OCH3 is 1. The molecule has 0 spiro atoms. The van der Waals surface area contributed by atoms with Crippen molar-refractivity contribution in [2.24, 2.45) is 5.73 Å². The maximum atomic E-state index is 13.2. The highest BCUT2D eigenvalue weighted by atomic mass is 32.2. The maximum Gasteiger partial charge on any atom is 0.322 e. The van der Waals surface area contributed by atoms with E-state index in [4.69, 9.17) is 5.73 Å². The predicted octanol–water partition coefficient (Wildman–Crippen LogP) is 1.95. The van der Waals surface area contributed by atoms with Crippen LogP contribution in [0.25, 0.3) is 0 Å². The highest BCUT2D eigenvalue weighted by Gasteiger charge is 2.13. The summed E-state index contributed by atoms with van der Waals surface area (Å²) in [6.07, 6.45) is 0.369. The number of halogens is 2. The summed E-state index contributed by atoms with van der Waals surface area (Å²) in [4.78, 5) is 11.3. The van der Waals surface area contributed by atoms with Crippen LogP contribution in [0.3, 0.4) is 0 Å². The van der Waals surface area contributed by atoms with Crippen molar-refractivity contribution >= 4 is 17.7 Å². The number of ether oxygens (including phenoxy) is 1. The number of carbonyl (C=O) groups is 1. The highest BCUT2D eigenvalue weighted by Crippen LogP contribution is 2.23. The van der Waals surface area contributed by atoms with Gasteiger partial charge in [0.25, 0.3) is 0 Å². The second kappa shape index (κ2) is 6.56. The highest BCUT2D eigenvalue weighted by molar-refractivity contribution is 7.99. The molecule has 0 aliphatic rings. The number of rotatable bonds is 5. The van der Waals surface area contributed by atoms with Gasteiger partial charge in [-0.25, -0.2) is 8.78 Å². The molecule has 0 saturated heterocycles. The molecule has 0 amide bonds. The first-order valence-electron chi connectivity index (χ1n) is 4.96. The average molecular weight is 261 g/mol. The quantitative estimate of drug-likeness (QED) is 0.650. The zero-order chi connectivity index (χ0) is 12.8. The molecule has 0 aromatic heterocycles. The van der Waals surface area contributed by atoms with Crippen molar-refractivity contribution in [1.29, 1.82) is 0 Å². The van der Waals surface area contributed by atoms with Crippen molar-refractivity contribution in [3.63, 3.8) is 0 Å². The second-order valence-corrected chi connectivity index (χ2v) is 4.48. The van der Waals surface area contributed by atoms with Crippen molar-refractivity contribution in [2.75, 3.05) is 12.9 Å². The third kappa shape index (κ3) is 4.32. The van der Waals surface area contributed by atoms with Crippen LogP contribution in [0, 0.1) is 11.6 Å². The molecule has 0 radical (unpaired) electrons. The second-order valence-electron chi connectivity index (χ2n) is 3.34. The number of carbonyl (C=O) groups excluding carboxylic acids is 1. The van der Waals surface area contributed by atoms with E-state index in [1.54, 1.807) is 0 Å². The molecular weight excluding hydrogens is 248 g/mol. The predicted molar refractivity (Wildman–Crippen MR) is 61.7 cm³/mol. The first-order valence-corrected chi connectivity index (χ1v) is 5.94. The van der Waals surface area contributed by atoms with Crippen LogP contribution < -0.4 is 5.73 Å². The summed E-state index contributed by atoms with van der Waals surface area (Å²) in [7, 11) is 1.26. The van der Waals surface area contributed by atoms with Crippen LogP contribution >= 0.6 is 11.8 Å². The molecule has 0 aliphatic carbocycles. The zero-order valence-corrected chi connectivity index (χ0v) is 10.1. The fourth-order valence-electron chi connectivity index (χ4n) is 1.16. The van der Waals surface area contributed by atoms with Gasteiger partial charge in [-0.05, 0) is 18.6 Å². The van der Waals surface area contributed by atoms with Gasteiger partial charge in [0.2, 0.25) is 0 Å². The number of thioether (sulfide) groups is 1. The van der Waals surface area contributed by atoms with Gasteiger partial charge in [-0.2, -0.15) is 0 Å². The lowest BCUT2D eigenvalue weighted by Gasteiger charge is -2.08. The fraction of sp³-hybridized carbons (Fsp3) is 0.364. The standard InChI is InChI=1S/C11H13F2NO2S/c1-16-11(15)9(14)4-5-17-10-3-2-7(12)6-8(10)13/h2-3,6,9H,4-5,14H2,1H3. The van der Waals surface area contributed by atoms with Gasteiger partial charge in [0.05, 0.1) is 7.11 Å². The SMILES string of the molecule is COC(=O)C(N)CCSc1ccc(F)cc1F. The van der Waals surface area contributed by atoms with Crippen molar-refractivity contribution in [2.45, 2.75) is 17.4 Å². The van der Waals surface area contributed by atoms with E-state index >= 15 is 0 Å². The fourth-order valence-corrected chi connectivity index (χ4v) is 2.11. The molecule has 1 unspecified atom stereocenters. The van der Waals surface area contributed by atoms with Crippen LogP contribution in [0.4, 0.5) is 8.78 Å². The van der Waals surface area contributed by atoms with Gasteiger partial charge in [0.1, 0.15) is 17.7 Å². The van der Waals surface area contributed by atoms with Gasteiger partial charge < -0.3 is 10.5 Å². The van der Waals surface area contributed by atoms with Gasteiger partial charge in [0, 0.05) is 16.7 Å². The molecule has 6 heteroatoms. The number of hydrogen-bond donors (Lipinski definition) is 1. The lowest BCUT2D eigenvalue weighted by atomic mass is 10.2. The summed E-state index contributed by atoms with van der Waals surface area (Å²) < 4.78 is 30.3. The third-order valence-electron chi connectivity index (χ3n) is 2.08. The van der Waals surface area contributed by atoms with Crippen LogP contribution in [0.2, 0.25) is 0 Å². The van der Waals surface area contributed by atoms with E-state index in [1.165, 1.54) is 31.0 Å². The van der Waals surface area contributed by atoms with E-state index in [1.807, 2.05) is 0 Å². The summed E-state index contributed by atoms with van der Waals surface area (Å²) in [5, 5.41) is 0. The Bertz CT molecular complexity index is 401. The number of nitrogens with two attached hydrogens (primary N) is 1. The molecule has 0 heterocycles. The first-order chi connectivity index (χ1) is 8.04. The summed E-state index contributed by atoms with van der Waals surface area (Å²) in [6, 6.07) is 2.66. The first kappa shape index (κ1) is 13.9. The molecule has 1 aromatic carbocycles. The van der Waals surface area contributed by atoms with Crippen LogP contribution in [0.5, 0.6) is 0 Å². The minimum atomic E-state index is -0.712. The number of esters is 1. The van der Waals surface area contributed by atoms with E-state index in [0.29, 0.717) is 17.1 Å². The molecule has 0 saturated carbocycles. The smallest absolute Gasteiger partial charge is 0.322 e. The Labute approximate surface area is 102 Å². The molecule has 0 bridgehead atoms. The lowest BCUT2D eigenvalue weighted by Crippen LogP contribution is -2.31. The number of hydrogen-bond acceptors (Lipinski definition) is 4. The molecule has 1 atom stereocenters. The third-order valence-corrected chi connectivity index (χ3v) is 3.17. The normalized spacial score (nSPS) is 12.2. The van der Waals surface area contributed by atoms with E-state index < -0.39 is 23.6 Å². The van der Waals surface area contributed by atoms with Crippen LogP contribution in [-0.2, 0) is 9.53 Å². The van der Waals surface area contributed by atoms with E-state index in [2.05, 4.69) is 4.74 Å². The van der Waals surface area contributed by atoms with Crippen LogP contribution in [-0.4, -0.2) is 24.9 Å². The molecule has 2 N–H and O–H groups in total. The summed E-state index contributed by atoms with van der Waals surface area (Å²) in [5.74, 6) is -1.26. The summed E-state index contributed by atoms with van der Waals surface area (Å²) >= 11 is 1.18. The molecule has 1 rings (SSSR count). The van der Waals surface area contributed by atoms with Gasteiger partial charge in [-0.15, -0.1) is 11.8 Å². The van der Waals surface area contributed by atoms with Gasteiger partial charge >= 0.3 is 5.97 Å². The molecule has 94 valence electrons. The zero-order valence-electron chi connectivity index (χ0n) is 9.28. The molecule has 1 aromatic rings. The van der Waals surface area contributed by atoms with Crippen molar-refractivity contribution in [3.8, 4) is 0 Å². The topological polar surface area (TPSA) is 52.3 Å². The average Bonchev–Trinajstić information content (AvgIpc) is 2.30. The molecule has 0 fully saturated rings. The molecule has 0 aliphatic heterocycles. The Morgan fingerprint density at radius 3 is 2.82 bits per heavy atom. The minimum absolute atomic E-state index is 0.337. The van der Waals surface area contributed by atoms with Crippen LogP contribution in [0.15, 0.2) is 23.1 Å². The van der Waals surface area contributed by atoms with E-state index in [9.17, 15) is 13.6 Å². The molecule has 3 nitrogen and oxygen atoms in total. The Hall–Kier alpha value is -1.14. The van der Waals surface area contributed by atoms with Crippen molar-refractivity contribution in [1.82, 2.24) is 0 Å². The van der Waals surface area contributed by atoms with Crippen LogP contribution in [0.1, 0.15) is 6.42 Å². The maximum absolute atomic E-state index is 13.2. The van der Waals surface area contributed by atoms with E-state index in [0.717, 1.165) is 6.07 Å². The van der Waals surface area contributed by atoms with Gasteiger partial charge in [0.15, 0.2) is 0 Å². The van der Waals surface area contributed by atoms with Gasteiger partial charge in [-0.3, -0.25) is 4.79 Å². The summed E-state index contributed by atoms with van der Waals surface area (Å²) in [6.45, 7) is 0. The molecule has 17 heavy (non-hydrogen) atoms. The summed E-state index contributed by atoms with van der Waals surface area (Å²) in [5.41, 5.74) is 5.51. The Kier molecular flexibility index (Phi) is 5.37. The van der Waals surface area contributed by atoms with Crippen molar-refractivity contribution in [3.05, 3.63) is 29.8 Å².